The molecule has 0 aromatic heterocycles. The zero-order chi connectivity index (χ0) is 20.1. The van der Waals surface area contributed by atoms with Gasteiger partial charge in [0.1, 0.15) is 12.6 Å². The maximum Gasteiger partial charge on any atom is 0.408 e. The van der Waals surface area contributed by atoms with Gasteiger partial charge in [0.15, 0.2) is 0 Å². The molecule has 2 aromatic carbocycles. The van der Waals surface area contributed by atoms with Crippen LogP contribution in [0.4, 0.5) is 4.79 Å². The number of amides is 1. The van der Waals surface area contributed by atoms with Gasteiger partial charge in [-0.3, -0.25) is 4.90 Å². The van der Waals surface area contributed by atoms with Crippen LogP contribution >= 0.6 is 0 Å². The number of likely N-dealkylation sites (tertiary alicyclic amines) is 1. The number of ether oxygens (including phenoxy) is 1. The second kappa shape index (κ2) is 8.41. The molecule has 0 unspecified atom stereocenters. The molecule has 1 fully saturated rings. The van der Waals surface area contributed by atoms with Crippen LogP contribution in [0.15, 0.2) is 65.6 Å². The molecule has 1 amide bonds. The normalized spacial score (nSPS) is 19.4. The molecule has 148 valence electrons. The van der Waals surface area contributed by atoms with Crippen molar-refractivity contribution >= 4 is 22.1 Å². The topological polar surface area (TPSA) is 113 Å². The number of carboxylic acid groups (broad SMARTS) is 1. The summed E-state index contributed by atoms with van der Waals surface area (Å²) in [5.41, 5.74) is 0.775. The van der Waals surface area contributed by atoms with Gasteiger partial charge >= 0.3 is 12.1 Å². The minimum atomic E-state index is -3.82. The highest BCUT2D eigenvalue weighted by atomic mass is 32.2. The number of esters is 1. The summed E-state index contributed by atoms with van der Waals surface area (Å²) in [4.78, 5) is 24.9. The Kier molecular flexibility index (Phi) is 5.96. The molecule has 2 N–H and O–H groups in total. The second-order valence-corrected chi connectivity index (χ2v) is 8.12. The van der Waals surface area contributed by atoms with Crippen LogP contribution in [0.2, 0.25) is 0 Å². The summed E-state index contributed by atoms with van der Waals surface area (Å²) in [5.74, 6) is -0.701. The molecule has 1 aliphatic heterocycles. The first kappa shape index (κ1) is 19.8. The number of carbonyl (C=O) groups excluding carboxylic acids is 1. The summed E-state index contributed by atoms with van der Waals surface area (Å²) in [6, 6.07) is 15.0. The third-order valence-electron chi connectivity index (χ3n) is 4.42. The summed E-state index contributed by atoms with van der Waals surface area (Å²) in [6.45, 7) is -0.115. The lowest BCUT2D eigenvalue weighted by Crippen LogP contribution is -2.41. The van der Waals surface area contributed by atoms with E-state index in [1.54, 1.807) is 42.5 Å². The van der Waals surface area contributed by atoms with Crippen LogP contribution in [-0.4, -0.2) is 49.1 Å². The van der Waals surface area contributed by atoms with E-state index in [0.29, 0.717) is 0 Å². The van der Waals surface area contributed by atoms with Crippen LogP contribution in [0.3, 0.4) is 0 Å². The Labute approximate surface area is 162 Å². The van der Waals surface area contributed by atoms with Gasteiger partial charge in [-0.1, -0.05) is 48.5 Å². The Morgan fingerprint density at radius 3 is 2.29 bits per heavy atom. The van der Waals surface area contributed by atoms with Gasteiger partial charge < -0.3 is 9.84 Å². The van der Waals surface area contributed by atoms with Crippen molar-refractivity contribution in [2.24, 2.45) is 0 Å². The van der Waals surface area contributed by atoms with Crippen molar-refractivity contribution < 1.29 is 27.9 Å². The van der Waals surface area contributed by atoms with E-state index in [0.717, 1.165) is 10.5 Å². The molecule has 9 heteroatoms. The first-order valence-electron chi connectivity index (χ1n) is 8.64. The summed E-state index contributed by atoms with van der Waals surface area (Å²) in [6.07, 6.45) is -1.30. The van der Waals surface area contributed by atoms with Gasteiger partial charge in [0.05, 0.1) is 4.90 Å². The maximum atomic E-state index is 12.5. The molecular weight excluding hydrogens is 384 g/mol. The minimum absolute atomic E-state index is 0.00594. The number of carbonyl (C=O) groups is 2. The molecule has 0 bridgehead atoms. The SMILES string of the molecule is O=C(OCc1ccccc1)[C@@H]1C[C@@H](NS(=O)(=O)c2ccccc2)CN1C(=O)O. The molecule has 0 radical (unpaired) electrons. The molecule has 1 heterocycles. The number of rotatable bonds is 6. The van der Waals surface area contributed by atoms with Crippen LogP contribution in [0.25, 0.3) is 0 Å². The van der Waals surface area contributed by atoms with Crippen LogP contribution in [0, 0.1) is 0 Å². The Balaban J connectivity index is 1.67. The second-order valence-electron chi connectivity index (χ2n) is 6.41. The van der Waals surface area contributed by atoms with E-state index in [9.17, 15) is 23.1 Å². The highest BCUT2D eigenvalue weighted by Crippen LogP contribution is 2.22. The Morgan fingerprint density at radius 1 is 1.07 bits per heavy atom. The van der Waals surface area contributed by atoms with Gasteiger partial charge in [0.2, 0.25) is 10.0 Å². The van der Waals surface area contributed by atoms with Crippen molar-refractivity contribution in [1.29, 1.82) is 0 Å². The fourth-order valence-electron chi connectivity index (χ4n) is 3.07. The van der Waals surface area contributed by atoms with Gasteiger partial charge in [-0.15, -0.1) is 0 Å². The van der Waals surface area contributed by atoms with Crippen molar-refractivity contribution in [3.05, 3.63) is 66.2 Å². The van der Waals surface area contributed by atoms with Crippen molar-refractivity contribution in [2.75, 3.05) is 6.54 Å². The van der Waals surface area contributed by atoms with E-state index >= 15 is 0 Å². The minimum Gasteiger partial charge on any atom is -0.465 e. The van der Waals surface area contributed by atoms with Crippen LogP contribution in [-0.2, 0) is 26.2 Å². The van der Waals surface area contributed by atoms with E-state index in [1.807, 2.05) is 6.07 Å². The highest BCUT2D eigenvalue weighted by Gasteiger charge is 2.42. The van der Waals surface area contributed by atoms with Gasteiger partial charge in [0.25, 0.3) is 0 Å². The van der Waals surface area contributed by atoms with Gasteiger partial charge in [-0.05, 0) is 24.1 Å². The maximum absolute atomic E-state index is 12.5. The first-order chi connectivity index (χ1) is 13.4. The zero-order valence-corrected chi connectivity index (χ0v) is 15.7. The Morgan fingerprint density at radius 2 is 1.68 bits per heavy atom. The van der Waals surface area contributed by atoms with Crippen molar-refractivity contribution in [2.45, 2.75) is 30.0 Å². The largest absolute Gasteiger partial charge is 0.465 e. The summed E-state index contributed by atoms with van der Waals surface area (Å²) >= 11 is 0. The van der Waals surface area contributed by atoms with E-state index in [2.05, 4.69) is 4.72 Å². The summed E-state index contributed by atoms with van der Waals surface area (Å²) < 4.78 is 32.6. The summed E-state index contributed by atoms with van der Waals surface area (Å²) in [7, 11) is -3.82. The fourth-order valence-corrected chi connectivity index (χ4v) is 4.33. The van der Waals surface area contributed by atoms with E-state index in [-0.39, 0.29) is 24.5 Å². The third-order valence-corrected chi connectivity index (χ3v) is 5.95. The number of hydrogen-bond donors (Lipinski definition) is 2. The molecule has 0 spiro atoms. The molecule has 1 saturated heterocycles. The third kappa shape index (κ3) is 4.68. The average molecular weight is 404 g/mol. The van der Waals surface area contributed by atoms with Crippen molar-refractivity contribution in [3.8, 4) is 0 Å². The number of benzene rings is 2. The predicted molar refractivity (Wildman–Crippen MR) is 99.9 cm³/mol. The Hall–Kier alpha value is -2.91. The molecule has 2 atom stereocenters. The number of hydrogen-bond acceptors (Lipinski definition) is 5. The number of nitrogens with zero attached hydrogens (tertiary/aromatic N) is 1. The lowest BCUT2D eigenvalue weighted by atomic mass is 10.2. The van der Waals surface area contributed by atoms with Crippen molar-refractivity contribution in [3.63, 3.8) is 0 Å². The lowest BCUT2D eigenvalue weighted by Gasteiger charge is -2.19. The van der Waals surface area contributed by atoms with Gasteiger partial charge in [-0.2, -0.15) is 0 Å². The molecule has 0 aliphatic carbocycles. The molecule has 2 aromatic rings. The number of nitrogens with one attached hydrogen (secondary N) is 1. The molecule has 1 aliphatic rings. The smallest absolute Gasteiger partial charge is 0.408 e. The summed E-state index contributed by atoms with van der Waals surface area (Å²) in [5, 5.41) is 9.39. The van der Waals surface area contributed by atoms with Crippen LogP contribution < -0.4 is 4.72 Å². The molecule has 0 saturated carbocycles. The quantitative estimate of drug-likeness (QED) is 0.710. The first-order valence-corrected chi connectivity index (χ1v) is 10.1. The van der Waals surface area contributed by atoms with Gasteiger partial charge in [-0.25, -0.2) is 22.7 Å². The van der Waals surface area contributed by atoms with Crippen molar-refractivity contribution in [1.82, 2.24) is 9.62 Å². The monoisotopic (exact) mass is 404 g/mol. The molecule has 8 nitrogen and oxygen atoms in total. The predicted octanol–water partition coefficient (Wildman–Crippen LogP) is 1.83. The molecule has 28 heavy (non-hydrogen) atoms. The Bertz CT molecular complexity index is 933. The van der Waals surface area contributed by atoms with Gasteiger partial charge in [0, 0.05) is 12.6 Å². The number of sulfonamides is 1. The standard InChI is InChI=1S/C19H20N2O6S/c22-18(27-13-14-7-3-1-4-8-14)17-11-15(12-21(17)19(23)24)20-28(25,26)16-9-5-2-6-10-16/h1-10,15,17,20H,11-13H2,(H,23,24)/t15-,17+/m1/s1. The van der Waals surface area contributed by atoms with E-state index in [1.165, 1.54) is 12.1 Å². The highest BCUT2D eigenvalue weighted by molar-refractivity contribution is 7.89. The lowest BCUT2D eigenvalue weighted by molar-refractivity contribution is -0.149. The van der Waals surface area contributed by atoms with E-state index < -0.39 is 34.2 Å². The van der Waals surface area contributed by atoms with Crippen LogP contribution in [0.1, 0.15) is 12.0 Å². The van der Waals surface area contributed by atoms with Crippen LogP contribution in [0.5, 0.6) is 0 Å². The fraction of sp³-hybridized carbons (Fsp3) is 0.263. The average Bonchev–Trinajstić information content (AvgIpc) is 3.11. The molecule has 3 rings (SSSR count). The molecular formula is C19H20N2O6S. The van der Waals surface area contributed by atoms with E-state index in [4.69, 9.17) is 4.74 Å². The zero-order valence-electron chi connectivity index (χ0n) is 14.9.